The van der Waals surface area contributed by atoms with Crippen molar-refractivity contribution < 1.29 is 4.79 Å². The third-order valence-electron chi connectivity index (χ3n) is 7.24. The Balaban J connectivity index is 1.25. The van der Waals surface area contributed by atoms with Crippen LogP contribution in [-0.2, 0) is 6.42 Å². The van der Waals surface area contributed by atoms with Gasteiger partial charge in [-0.05, 0) is 98.7 Å². The number of aryl methyl sites for hydroxylation is 1. The Morgan fingerprint density at radius 3 is 2.69 bits per heavy atom. The van der Waals surface area contributed by atoms with Gasteiger partial charge < -0.3 is 10.2 Å². The molecule has 1 aliphatic carbocycles. The standard InChI is InChI=1S/C26H32N2O/c29-26(20-5-2-1-3-6-20)28-16-4-7-23-17-21(10-11-25(23)28)24-18-22(24)9-8-19-12-14-27-15-13-19/h1-3,5-6,10-11,17,19,22,24,27H,4,7-9,12-16,18H2. The number of amides is 1. The van der Waals surface area contributed by atoms with Crippen molar-refractivity contribution in [1.82, 2.24) is 5.32 Å². The number of carbonyl (C=O) groups is 1. The fourth-order valence-electron chi connectivity index (χ4n) is 5.39. The van der Waals surface area contributed by atoms with E-state index in [0.29, 0.717) is 0 Å². The average molecular weight is 389 g/mol. The maximum Gasteiger partial charge on any atom is 0.258 e. The molecule has 0 radical (unpaired) electrons. The van der Waals surface area contributed by atoms with Crippen LogP contribution in [0.4, 0.5) is 5.69 Å². The van der Waals surface area contributed by atoms with E-state index in [1.54, 1.807) is 0 Å². The van der Waals surface area contributed by atoms with Gasteiger partial charge in [0.25, 0.3) is 5.91 Å². The van der Waals surface area contributed by atoms with Crippen molar-refractivity contribution in [3.8, 4) is 0 Å². The molecule has 1 saturated heterocycles. The maximum atomic E-state index is 13.0. The van der Waals surface area contributed by atoms with Gasteiger partial charge in [0.1, 0.15) is 0 Å². The van der Waals surface area contributed by atoms with Crippen LogP contribution in [0.15, 0.2) is 48.5 Å². The lowest BCUT2D eigenvalue weighted by molar-refractivity contribution is 0.0985. The second-order valence-electron chi connectivity index (χ2n) is 9.19. The molecule has 2 fully saturated rings. The Morgan fingerprint density at radius 2 is 1.86 bits per heavy atom. The molecule has 1 saturated carbocycles. The summed E-state index contributed by atoms with van der Waals surface area (Å²) in [6, 6.07) is 16.6. The average Bonchev–Trinajstić information content (AvgIpc) is 3.57. The highest BCUT2D eigenvalue weighted by Gasteiger charge is 2.38. The van der Waals surface area contributed by atoms with E-state index in [4.69, 9.17) is 0 Å². The Hall–Kier alpha value is -2.13. The second kappa shape index (κ2) is 8.31. The van der Waals surface area contributed by atoms with Crippen molar-refractivity contribution in [3.05, 3.63) is 65.2 Å². The smallest absolute Gasteiger partial charge is 0.258 e. The predicted octanol–water partition coefficient (Wildman–Crippen LogP) is 5.16. The first-order valence-electron chi connectivity index (χ1n) is 11.5. The number of piperidine rings is 1. The van der Waals surface area contributed by atoms with Crippen LogP contribution >= 0.6 is 0 Å². The van der Waals surface area contributed by atoms with Crippen LogP contribution < -0.4 is 10.2 Å². The molecular formula is C26H32N2O. The van der Waals surface area contributed by atoms with Crippen LogP contribution in [-0.4, -0.2) is 25.5 Å². The van der Waals surface area contributed by atoms with Gasteiger partial charge in [-0.2, -0.15) is 0 Å². The molecule has 2 heterocycles. The summed E-state index contributed by atoms with van der Waals surface area (Å²) < 4.78 is 0. The zero-order valence-corrected chi connectivity index (χ0v) is 17.3. The summed E-state index contributed by atoms with van der Waals surface area (Å²) in [6.45, 7) is 3.24. The lowest BCUT2D eigenvalue weighted by Crippen LogP contribution is -2.35. The van der Waals surface area contributed by atoms with Crippen LogP contribution in [0.1, 0.15) is 65.9 Å². The van der Waals surface area contributed by atoms with E-state index in [2.05, 4.69) is 23.5 Å². The third kappa shape index (κ3) is 4.11. The molecule has 0 bridgehead atoms. The lowest BCUT2D eigenvalue weighted by atomic mass is 9.91. The number of fused-ring (bicyclic) bond motifs is 1. The van der Waals surface area contributed by atoms with Gasteiger partial charge in [-0.25, -0.2) is 0 Å². The number of nitrogens with zero attached hydrogens (tertiary/aromatic N) is 1. The molecule has 2 aromatic rings. The zero-order chi connectivity index (χ0) is 19.6. The minimum atomic E-state index is 0.130. The van der Waals surface area contributed by atoms with Gasteiger partial charge in [0, 0.05) is 17.8 Å². The molecule has 3 heteroatoms. The van der Waals surface area contributed by atoms with Crippen molar-refractivity contribution in [1.29, 1.82) is 0 Å². The molecule has 29 heavy (non-hydrogen) atoms. The highest BCUT2D eigenvalue weighted by molar-refractivity contribution is 6.06. The van der Waals surface area contributed by atoms with Gasteiger partial charge in [0.2, 0.25) is 0 Å². The summed E-state index contributed by atoms with van der Waals surface area (Å²) in [5.74, 6) is 2.71. The van der Waals surface area contributed by atoms with Gasteiger partial charge in [0.05, 0.1) is 0 Å². The third-order valence-corrected chi connectivity index (χ3v) is 7.24. The molecule has 1 amide bonds. The first-order valence-corrected chi connectivity index (χ1v) is 11.5. The van der Waals surface area contributed by atoms with Crippen molar-refractivity contribution in [2.45, 2.75) is 50.9 Å². The number of rotatable bonds is 5. The summed E-state index contributed by atoms with van der Waals surface area (Å²) in [7, 11) is 0. The molecular weight excluding hydrogens is 356 g/mol. The van der Waals surface area contributed by atoms with E-state index in [-0.39, 0.29) is 5.91 Å². The van der Waals surface area contributed by atoms with E-state index in [1.807, 2.05) is 35.2 Å². The normalized spacial score (nSPS) is 24.2. The summed E-state index contributed by atoms with van der Waals surface area (Å²) >= 11 is 0. The first-order chi connectivity index (χ1) is 14.3. The summed E-state index contributed by atoms with van der Waals surface area (Å²) in [5.41, 5.74) is 4.78. The molecule has 2 unspecified atom stereocenters. The molecule has 5 rings (SSSR count). The fraction of sp³-hybridized carbons (Fsp3) is 0.500. The molecule has 2 atom stereocenters. The Morgan fingerprint density at radius 1 is 1.03 bits per heavy atom. The van der Waals surface area contributed by atoms with Crippen LogP contribution in [0.5, 0.6) is 0 Å². The molecule has 152 valence electrons. The lowest BCUT2D eigenvalue weighted by Gasteiger charge is -2.30. The molecule has 3 nitrogen and oxygen atoms in total. The number of hydrogen-bond donors (Lipinski definition) is 1. The van der Waals surface area contributed by atoms with E-state index in [1.165, 1.54) is 56.3 Å². The fourth-order valence-corrected chi connectivity index (χ4v) is 5.39. The Bertz CT molecular complexity index is 856. The van der Waals surface area contributed by atoms with Gasteiger partial charge in [-0.3, -0.25) is 4.79 Å². The number of hydrogen-bond acceptors (Lipinski definition) is 2. The molecule has 0 aromatic heterocycles. The number of nitrogens with one attached hydrogen (secondary N) is 1. The monoisotopic (exact) mass is 388 g/mol. The van der Waals surface area contributed by atoms with Gasteiger partial charge in [-0.1, -0.05) is 36.8 Å². The van der Waals surface area contributed by atoms with Gasteiger partial charge >= 0.3 is 0 Å². The van der Waals surface area contributed by atoms with E-state index >= 15 is 0 Å². The summed E-state index contributed by atoms with van der Waals surface area (Å²) in [5, 5.41) is 3.48. The molecule has 2 aliphatic heterocycles. The minimum absolute atomic E-state index is 0.130. The largest absolute Gasteiger partial charge is 0.317 e. The Labute approximate surface area is 174 Å². The van der Waals surface area contributed by atoms with E-state index in [9.17, 15) is 4.79 Å². The summed E-state index contributed by atoms with van der Waals surface area (Å²) in [4.78, 5) is 15.0. The minimum Gasteiger partial charge on any atom is -0.317 e. The topological polar surface area (TPSA) is 32.3 Å². The van der Waals surface area contributed by atoms with Crippen molar-refractivity contribution >= 4 is 11.6 Å². The number of anilines is 1. The van der Waals surface area contributed by atoms with Gasteiger partial charge in [0.15, 0.2) is 0 Å². The van der Waals surface area contributed by atoms with E-state index in [0.717, 1.165) is 48.4 Å². The SMILES string of the molecule is O=C(c1ccccc1)N1CCCc2cc(C3CC3CCC3CCNCC3)ccc21. The quantitative estimate of drug-likeness (QED) is 0.767. The van der Waals surface area contributed by atoms with Crippen LogP contribution in [0.3, 0.4) is 0 Å². The second-order valence-corrected chi connectivity index (χ2v) is 9.19. The molecule has 1 N–H and O–H groups in total. The zero-order valence-electron chi connectivity index (χ0n) is 17.3. The number of carbonyl (C=O) groups excluding carboxylic acids is 1. The highest BCUT2D eigenvalue weighted by atomic mass is 16.2. The predicted molar refractivity (Wildman–Crippen MR) is 119 cm³/mol. The summed E-state index contributed by atoms with van der Waals surface area (Å²) in [6.07, 6.45) is 9.03. The van der Waals surface area contributed by atoms with Crippen LogP contribution in [0.25, 0.3) is 0 Å². The molecule has 3 aliphatic rings. The van der Waals surface area contributed by atoms with Crippen LogP contribution in [0, 0.1) is 11.8 Å². The van der Waals surface area contributed by atoms with E-state index < -0.39 is 0 Å². The van der Waals surface area contributed by atoms with Crippen molar-refractivity contribution in [2.24, 2.45) is 11.8 Å². The maximum absolute atomic E-state index is 13.0. The van der Waals surface area contributed by atoms with Crippen molar-refractivity contribution in [2.75, 3.05) is 24.5 Å². The van der Waals surface area contributed by atoms with Crippen molar-refractivity contribution in [3.63, 3.8) is 0 Å². The molecule has 2 aromatic carbocycles. The first kappa shape index (κ1) is 18.9. The molecule has 0 spiro atoms. The Kier molecular flexibility index (Phi) is 5.41. The highest BCUT2D eigenvalue weighted by Crippen LogP contribution is 2.51. The van der Waals surface area contributed by atoms with Gasteiger partial charge in [-0.15, -0.1) is 0 Å². The number of benzene rings is 2. The van der Waals surface area contributed by atoms with Crippen LogP contribution in [0.2, 0.25) is 0 Å².